The molecule has 0 spiro atoms. The Morgan fingerprint density at radius 1 is 1.40 bits per heavy atom. The number of aryl methyl sites for hydroxylation is 1. The highest BCUT2D eigenvalue weighted by molar-refractivity contribution is 7.99. The van der Waals surface area contributed by atoms with Crippen molar-refractivity contribution in [2.45, 2.75) is 18.7 Å². The van der Waals surface area contributed by atoms with Crippen LogP contribution < -0.4 is 0 Å². The van der Waals surface area contributed by atoms with Crippen LogP contribution in [0.25, 0.3) is 0 Å². The summed E-state index contributed by atoms with van der Waals surface area (Å²) in [6.45, 7) is 3.07. The summed E-state index contributed by atoms with van der Waals surface area (Å²) in [6, 6.07) is 8.31. The van der Waals surface area contributed by atoms with Gasteiger partial charge in [-0.15, -0.1) is 11.8 Å². The zero-order valence-corrected chi connectivity index (χ0v) is 13.4. The molecule has 1 heterocycles. The summed E-state index contributed by atoms with van der Waals surface area (Å²) in [5.74, 6) is 2.78. The molecule has 1 aliphatic rings. The van der Waals surface area contributed by atoms with Crippen LogP contribution in [0.15, 0.2) is 24.3 Å². The van der Waals surface area contributed by atoms with Crippen LogP contribution in [0.3, 0.4) is 0 Å². The lowest BCUT2D eigenvalue weighted by Gasteiger charge is -2.36. The fourth-order valence-corrected chi connectivity index (χ4v) is 4.34. The Kier molecular flexibility index (Phi) is 6.26. The molecule has 0 saturated carbocycles. The van der Waals surface area contributed by atoms with Crippen LogP contribution >= 0.6 is 23.5 Å². The van der Waals surface area contributed by atoms with Crippen molar-refractivity contribution in [2.24, 2.45) is 0 Å². The van der Waals surface area contributed by atoms with E-state index in [-0.39, 0.29) is 17.9 Å². The van der Waals surface area contributed by atoms with Gasteiger partial charge in [0.05, 0.1) is 6.61 Å². The topological polar surface area (TPSA) is 40.5 Å². The molecule has 20 heavy (non-hydrogen) atoms. The van der Waals surface area contributed by atoms with E-state index in [1.807, 2.05) is 28.8 Å². The Morgan fingerprint density at radius 3 is 2.95 bits per heavy atom. The maximum absolute atomic E-state index is 12.2. The molecule has 0 bridgehead atoms. The van der Waals surface area contributed by atoms with Gasteiger partial charge in [-0.3, -0.25) is 4.79 Å². The normalized spacial score (nSPS) is 19.4. The highest BCUT2D eigenvalue weighted by Gasteiger charge is 2.30. The lowest BCUT2D eigenvalue weighted by molar-refractivity contribution is -0.131. The zero-order chi connectivity index (χ0) is 14.4. The molecular formula is C15H21NO2S2. The van der Waals surface area contributed by atoms with Crippen LogP contribution in [0.1, 0.15) is 22.9 Å². The molecule has 1 amide bonds. The van der Waals surface area contributed by atoms with Crippen molar-refractivity contribution in [3.63, 3.8) is 0 Å². The van der Waals surface area contributed by atoms with E-state index in [1.54, 1.807) is 11.8 Å². The molecule has 1 unspecified atom stereocenters. The van der Waals surface area contributed by atoms with E-state index >= 15 is 0 Å². The smallest absolute Gasteiger partial charge is 0.224 e. The van der Waals surface area contributed by atoms with Gasteiger partial charge in [0, 0.05) is 30.2 Å². The van der Waals surface area contributed by atoms with Crippen LogP contribution in [0.2, 0.25) is 0 Å². The molecule has 1 aromatic carbocycles. The Balaban J connectivity index is 2.08. The average molecular weight is 311 g/mol. The third-order valence-corrected chi connectivity index (χ3v) is 5.57. The summed E-state index contributed by atoms with van der Waals surface area (Å²) >= 11 is 3.55. The minimum Gasteiger partial charge on any atom is -0.396 e. The van der Waals surface area contributed by atoms with Gasteiger partial charge < -0.3 is 10.0 Å². The lowest BCUT2D eigenvalue weighted by Crippen LogP contribution is -2.39. The summed E-state index contributed by atoms with van der Waals surface area (Å²) in [5, 5.41) is 8.96. The number of thioether (sulfide) groups is 2. The van der Waals surface area contributed by atoms with Gasteiger partial charge in [-0.05, 0) is 18.1 Å². The molecule has 3 nitrogen and oxygen atoms in total. The second-order valence-electron chi connectivity index (χ2n) is 4.75. The van der Waals surface area contributed by atoms with Gasteiger partial charge in [0.2, 0.25) is 5.91 Å². The molecule has 1 aliphatic heterocycles. The van der Waals surface area contributed by atoms with E-state index < -0.39 is 0 Å². The standard InChI is InChI=1S/C15H21NO2S2/c1-12-4-2-3-5-13(12)15-16(7-10-19-11-8-17)14(18)6-9-20-15/h2-5,15,17H,6-11H2,1H3. The van der Waals surface area contributed by atoms with E-state index in [0.29, 0.717) is 6.42 Å². The molecule has 1 N–H and O–H groups in total. The van der Waals surface area contributed by atoms with Crippen LogP contribution in [0.4, 0.5) is 0 Å². The number of nitrogens with zero attached hydrogens (tertiary/aromatic N) is 1. The van der Waals surface area contributed by atoms with Crippen molar-refractivity contribution >= 4 is 29.4 Å². The molecule has 0 aliphatic carbocycles. The number of benzene rings is 1. The third kappa shape index (κ3) is 3.93. The molecule has 0 radical (unpaired) electrons. The van der Waals surface area contributed by atoms with Crippen molar-refractivity contribution in [1.29, 1.82) is 0 Å². The van der Waals surface area contributed by atoms with E-state index in [0.717, 1.165) is 23.8 Å². The first-order chi connectivity index (χ1) is 9.74. The summed E-state index contributed by atoms with van der Waals surface area (Å²) < 4.78 is 0. The maximum atomic E-state index is 12.2. The Bertz CT molecular complexity index is 453. The molecule has 1 saturated heterocycles. The number of carbonyl (C=O) groups excluding carboxylic acids is 1. The molecule has 5 heteroatoms. The maximum Gasteiger partial charge on any atom is 0.224 e. The van der Waals surface area contributed by atoms with Crippen molar-refractivity contribution in [1.82, 2.24) is 4.90 Å². The Labute approximate surface area is 129 Å². The first kappa shape index (κ1) is 15.7. The fraction of sp³-hybridized carbons (Fsp3) is 0.533. The van der Waals surface area contributed by atoms with Crippen molar-refractivity contribution < 1.29 is 9.90 Å². The summed E-state index contributed by atoms with van der Waals surface area (Å²) in [4.78, 5) is 14.2. The largest absolute Gasteiger partial charge is 0.396 e. The van der Waals surface area contributed by atoms with E-state index in [2.05, 4.69) is 19.1 Å². The molecule has 1 fully saturated rings. The van der Waals surface area contributed by atoms with E-state index in [4.69, 9.17) is 5.11 Å². The Hall–Kier alpha value is -0.650. The second-order valence-corrected chi connectivity index (χ2v) is 7.17. The number of carbonyl (C=O) groups is 1. The summed E-state index contributed by atoms with van der Waals surface area (Å²) in [5.41, 5.74) is 2.49. The second kappa shape index (κ2) is 7.96. The van der Waals surface area contributed by atoms with Crippen LogP contribution in [0.5, 0.6) is 0 Å². The highest BCUT2D eigenvalue weighted by Crippen LogP contribution is 2.38. The van der Waals surface area contributed by atoms with Crippen molar-refractivity contribution in [3.05, 3.63) is 35.4 Å². The van der Waals surface area contributed by atoms with Crippen LogP contribution in [0, 0.1) is 6.92 Å². The number of hydrogen-bond acceptors (Lipinski definition) is 4. The molecule has 110 valence electrons. The van der Waals surface area contributed by atoms with Crippen molar-refractivity contribution in [3.8, 4) is 0 Å². The number of aliphatic hydroxyl groups is 1. The van der Waals surface area contributed by atoms with Gasteiger partial charge in [-0.2, -0.15) is 11.8 Å². The lowest BCUT2D eigenvalue weighted by atomic mass is 10.1. The van der Waals surface area contributed by atoms with Gasteiger partial charge in [-0.1, -0.05) is 24.3 Å². The van der Waals surface area contributed by atoms with Gasteiger partial charge >= 0.3 is 0 Å². The molecule has 1 aromatic rings. The molecular weight excluding hydrogens is 290 g/mol. The minimum absolute atomic E-state index is 0.146. The van der Waals surface area contributed by atoms with Gasteiger partial charge in [0.1, 0.15) is 5.37 Å². The third-order valence-electron chi connectivity index (χ3n) is 3.36. The monoisotopic (exact) mass is 311 g/mol. The SMILES string of the molecule is Cc1ccccc1C1SCCC(=O)N1CCSCCO. The minimum atomic E-state index is 0.146. The summed E-state index contributed by atoms with van der Waals surface area (Å²) in [6.07, 6.45) is 0.637. The average Bonchev–Trinajstić information content (AvgIpc) is 2.45. The first-order valence-corrected chi connectivity index (χ1v) is 9.09. The number of rotatable bonds is 6. The van der Waals surface area contributed by atoms with E-state index in [9.17, 15) is 4.79 Å². The Morgan fingerprint density at radius 2 is 2.20 bits per heavy atom. The fourth-order valence-electron chi connectivity index (χ4n) is 2.32. The highest BCUT2D eigenvalue weighted by atomic mass is 32.2. The van der Waals surface area contributed by atoms with Crippen LogP contribution in [-0.4, -0.2) is 46.3 Å². The molecule has 0 aromatic heterocycles. The quantitative estimate of drug-likeness (QED) is 0.820. The predicted molar refractivity (Wildman–Crippen MR) is 87.1 cm³/mol. The molecule has 1 atom stereocenters. The van der Waals surface area contributed by atoms with Gasteiger partial charge in [-0.25, -0.2) is 0 Å². The van der Waals surface area contributed by atoms with E-state index in [1.165, 1.54) is 11.1 Å². The van der Waals surface area contributed by atoms with Gasteiger partial charge in [0.15, 0.2) is 0 Å². The predicted octanol–water partition coefficient (Wildman–Crippen LogP) is 2.68. The van der Waals surface area contributed by atoms with Crippen molar-refractivity contribution in [2.75, 3.05) is 30.4 Å². The number of hydrogen-bond donors (Lipinski definition) is 1. The summed E-state index contributed by atoms with van der Waals surface area (Å²) in [7, 11) is 0. The van der Waals surface area contributed by atoms with Gasteiger partial charge in [0.25, 0.3) is 0 Å². The zero-order valence-electron chi connectivity index (χ0n) is 11.7. The number of amides is 1. The molecule has 2 rings (SSSR count). The number of aliphatic hydroxyl groups excluding tert-OH is 1. The van der Waals surface area contributed by atoms with Crippen LogP contribution in [-0.2, 0) is 4.79 Å². The first-order valence-electron chi connectivity index (χ1n) is 6.89.